The van der Waals surface area contributed by atoms with Crippen LogP contribution in [0.15, 0.2) is 48.5 Å². The number of pyridine rings is 1. The van der Waals surface area contributed by atoms with Crippen molar-refractivity contribution in [2.24, 2.45) is 0 Å². The number of benzene rings is 2. The van der Waals surface area contributed by atoms with Crippen LogP contribution in [0.25, 0.3) is 6.08 Å². The Morgan fingerprint density at radius 1 is 1.06 bits per heavy atom. The lowest BCUT2D eigenvalue weighted by atomic mass is 9.98. The van der Waals surface area contributed by atoms with E-state index in [1.165, 1.54) is 7.11 Å². The molecule has 8 heteroatoms. The number of aryl methyl sites for hydroxylation is 1. The third-order valence-corrected chi connectivity index (χ3v) is 6.16. The monoisotopic (exact) mass is 474 g/mol. The number of carbonyl (C=O) groups is 1. The minimum atomic E-state index is -0.177. The van der Waals surface area contributed by atoms with Crippen molar-refractivity contribution in [3.63, 3.8) is 0 Å². The Morgan fingerprint density at radius 2 is 1.83 bits per heavy atom. The maximum Gasteiger partial charge on any atom is 0.232 e. The quantitative estimate of drug-likeness (QED) is 0.487. The molecule has 0 spiro atoms. The summed E-state index contributed by atoms with van der Waals surface area (Å²) in [4.78, 5) is 19.6. The van der Waals surface area contributed by atoms with Crippen LogP contribution in [0.4, 0.5) is 0 Å². The van der Waals surface area contributed by atoms with Crippen LogP contribution in [-0.4, -0.2) is 43.7 Å². The fourth-order valence-electron chi connectivity index (χ4n) is 4.50. The van der Waals surface area contributed by atoms with Crippen LogP contribution in [-0.2, 0) is 13.1 Å². The van der Waals surface area contributed by atoms with Gasteiger partial charge in [0, 0.05) is 31.0 Å². The molecule has 0 bridgehead atoms. The van der Waals surface area contributed by atoms with Crippen molar-refractivity contribution in [2.45, 2.75) is 20.0 Å². The number of allylic oxidation sites excluding steroid dienone is 1. The zero-order valence-corrected chi connectivity index (χ0v) is 20.1. The van der Waals surface area contributed by atoms with E-state index in [9.17, 15) is 4.79 Å². The first-order valence-corrected chi connectivity index (χ1v) is 11.2. The van der Waals surface area contributed by atoms with Crippen LogP contribution < -0.4 is 23.7 Å². The smallest absolute Gasteiger partial charge is 0.232 e. The molecule has 0 atom stereocenters. The normalized spacial score (nSPS) is 15.8. The molecule has 0 unspecified atom stereocenters. The van der Waals surface area contributed by atoms with Crippen LogP contribution in [0, 0.1) is 6.92 Å². The van der Waals surface area contributed by atoms with Gasteiger partial charge in [-0.25, -0.2) is 0 Å². The Balaban J connectivity index is 1.50. The van der Waals surface area contributed by atoms with E-state index in [1.807, 2.05) is 25.1 Å². The number of ketones is 1. The predicted octanol–water partition coefficient (Wildman–Crippen LogP) is 4.38. The van der Waals surface area contributed by atoms with Gasteiger partial charge < -0.3 is 23.7 Å². The molecule has 35 heavy (non-hydrogen) atoms. The lowest BCUT2D eigenvalue weighted by Gasteiger charge is -2.30. The number of Topliss-reactive ketones (excluding diaryl/α,β-unsaturated/α-hetero) is 1. The lowest BCUT2D eigenvalue weighted by Crippen LogP contribution is -2.31. The van der Waals surface area contributed by atoms with Gasteiger partial charge in [0.1, 0.15) is 18.2 Å². The highest BCUT2D eigenvalue weighted by Gasteiger charge is 2.35. The van der Waals surface area contributed by atoms with E-state index >= 15 is 0 Å². The first-order valence-electron chi connectivity index (χ1n) is 11.2. The molecule has 1 aromatic heterocycles. The van der Waals surface area contributed by atoms with Crippen molar-refractivity contribution >= 4 is 11.9 Å². The maximum atomic E-state index is 13.4. The van der Waals surface area contributed by atoms with Crippen molar-refractivity contribution in [1.82, 2.24) is 9.88 Å². The molecule has 3 heterocycles. The summed E-state index contributed by atoms with van der Waals surface area (Å²) in [6.45, 7) is 3.64. The van der Waals surface area contributed by atoms with Crippen molar-refractivity contribution in [1.29, 1.82) is 0 Å². The second-order valence-corrected chi connectivity index (χ2v) is 8.35. The van der Waals surface area contributed by atoms with Gasteiger partial charge in [0.05, 0.1) is 32.5 Å². The SMILES string of the molecule is COc1ccc(/C=C2\Oc3c4c(cc(C)c3C2=O)OCN(Cc2ccncc2)C4)c(OC)c1OC. The van der Waals surface area contributed by atoms with E-state index in [0.29, 0.717) is 53.9 Å². The molecular formula is C27H26N2O6. The first kappa shape index (κ1) is 22.7. The van der Waals surface area contributed by atoms with Crippen LogP contribution >= 0.6 is 0 Å². The van der Waals surface area contributed by atoms with E-state index in [2.05, 4.69) is 9.88 Å². The van der Waals surface area contributed by atoms with Gasteiger partial charge in [0.15, 0.2) is 17.3 Å². The van der Waals surface area contributed by atoms with E-state index in [0.717, 1.165) is 22.4 Å². The minimum absolute atomic E-state index is 0.177. The number of fused-ring (bicyclic) bond motifs is 3. The molecular weight excluding hydrogens is 448 g/mol. The van der Waals surface area contributed by atoms with Gasteiger partial charge in [0.25, 0.3) is 0 Å². The van der Waals surface area contributed by atoms with Crippen molar-refractivity contribution in [3.8, 4) is 28.7 Å². The second kappa shape index (κ2) is 9.31. The van der Waals surface area contributed by atoms with Gasteiger partial charge in [-0.2, -0.15) is 0 Å². The fourth-order valence-corrected chi connectivity index (χ4v) is 4.50. The molecule has 0 radical (unpaired) electrons. The van der Waals surface area contributed by atoms with Crippen molar-refractivity contribution in [2.75, 3.05) is 28.1 Å². The summed E-state index contributed by atoms with van der Waals surface area (Å²) in [7, 11) is 4.64. The molecule has 180 valence electrons. The second-order valence-electron chi connectivity index (χ2n) is 8.35. The Labute approximate surface area is 203 Å². The highest BCUT2D eigenvalue weighted by atomic mass is 16.5. The summed E-state index contributed by atoms with van der Waals surface area (Å²) in [5, 5.41) is 0. The maximum absolute atomic E-state index is 13.4. The summed E-state index contributed by atoms with van der Waals surface area (Å²) >= 11 is 0. The van der Waals surface area contributed by atoms with E-state index < -0.39 is 0 Å². The summed E-state index contributed by atoms with van der Waals surface area (Å²) < 4.78 is 28.6. The van der Waals surface area contributed by atoms with Crippen molar-refractivity contribution < 1.29 is 28.5 Å². The summed E-state index contributed by atoms with van der Waals surface area (Å²) in [6.07, 6.45) is 5.22. The van der Waals surface area contributed by atoms with E-state index in [-0.39, 0.29) is 11.5 Å². The van der Waals surface area contributed by atoms with Gasteiger partial charge >= 0.3 is 0 Å². The Morgan fingerprint density at radius 3 is 2.54 bits per heavy atom. The van der Waals surface area contributed by atoms with Crippen LogP contribution in [0.1, 0.15) is 32.6 Å². The number of carbonyl (C=O) groups excluding carboxylic acids is 1. The highest BCUT2D eigenvalue weighted by molar-refractivity contribution is 6.16. The van der Waals surface area contributed by atoms with Gasteiger partial charge in [-0.1, -0.05) is 0 Å². The molecule has 0 N–H and O–H groups in total. The largest absolute Gasteiger partial charge is 0.493 e. The van der Waals surface area contributed by atoms with E-state index in [4.69, 9.17) is 23.7 Å². The Hall–Kier alpha value is -4.04. The number of hydrogen-bond donors (Lipinski definition) is 0. The molecule has 5 rings (SSSR count). The van der Waals surface area contributed by atoms with Gasteiger partial charge in [-0.15, -0.1) is 0 Å². The van der Waals surface area contributed by atoms with Crippen LogP contribution in [0.3, 0.4) is 0 Å². The lowest BCUT2D eigenvalue weighted by molar-refractivity contribution is 0.0872. The topological polar surface area (TPSA) is 79.4 Å². The molecule has 2 aliphatic heterocycles. The van der Waals surface area contributed by atoms with Crippen molar-refractivity contribution in [3.05, 3.63) is 76.3 Å². The predicted molar refractivity (Wildman–Crippen MR) is 129 cm³/mol. The molecule has 0 fully saturated rings. The number of nitrogens with zero attached hydrogens (tertiary/aromatic N) is 2. The summed E-state index contributed by atoms with van der Waals surface area (Å²) in [5.74, 6) is 2.76. The third-order valence-electron chi connectivity index (χ3n) is 6.16. The van der Waals surface area contributed by atoms with Crippen LogP contribution in [0.2, 0.25) is 0 Å². The number of ether oxygens (including phenoxy) is 5. The van der Waals surface area contributed by atoms with Gasteiger partial charge in [0.2, 0.25) is 11.5 Å². The fraction of sp³-hybridized carbons (Fsp3) is 0.259. The standard InChI is InChI=1S/C27H26N2O6/c1-16-11-21-19(14-29(15-34-21)13-17-7-9-28-10-8-17)26-23(16)24(30)22(35-26)12-18-5-6-20(31-2)27(33-4)25(18)32-3/h5-12H,13-15H2,1-4H3/b22-12-. The third kappa shape index (κ3) is 4.06. The Kier molecular flexibility index (Phi) is 6.05. The molecule has 0 aliphatic carbocycles. The summed E-state index contributed by atoms with van der Waals surface area (Å²) in [5.41, 5.74) is 4.01. The number of hydrogen-bond acceptors (Lipinski definition) is 8. The number of aromatic nitrogens is 1. The Bertz CT molecular complexity index is 1320. The first-order chi connectivity index (χ1) is 17.0. The average Bonchev–Trinajstić information content (AvgIpc) is 3.21. The molecule has 0 amide bonds. The van der Waals surface area contributed by atoms with E-state index in [1.54, 1.807) is 44.8 Å². The van der Waals surface area contributed by atoms with Gasteiger partial charge in [-0.05, 0) is 54.5 Å². The molecule has 0 saturated heterocycles. The van der Waals surface area contributed by atoms with Gasteiger partial charge in [-0.3, -0.25) is 14.7 Å². The molecule has 2 aliphatic rings. The number of rotatable bonds is 6. The molecule has 2 aromatic carbocycles. The summed E-state index contributed by atoms with van der Waals surface area (Å²) in [6, 6.07) is 9.44. The zero-order chi connectivity index (χ0) is 24.5. The van der Waals surface area contributed by atoms with Crippen LogP contribution in [0.5, 0.6) is 28.7 Å². The zero-order valence-electron chi connectivity index (χ0n) is 20.1. The minimum Gasteiger partial charge on any atom is -0.493 e. The average molecular weight is 475 g/mol. The molecule has 8 nitrogen and oxygen atoms in total. The number of methoxy groups -OCH3 is 3. The molecule has 0 saturated carbocycles. The molecule has 3 aromatic rings. The highest BCUT2D eigenvalue weighted by Crippen LogP contribution is 2.45.